The summed E-state index contributed by atoms with van der Waals surface area (Å²) in [4.78, 5) is 13.0. The zero-order chi connectivity index (χ0) is 14.1. The molecule has 1 fully saturated rings. The zero-order valence-electron chi connectivity index (χ0n) is 11.0. The Morgan fingerprint density at radius 3 is 2.55 bits per heavy atom. The van der Waals surface area contributed by atoms with Gasteiger partial charge in [-0.3, -0.25) is 0 Å². The Kier molecular flexibility index (Phi) is 3.51. The minimum Gasteiger partial charge on any atom is -0.345 e. The summed E-state index contributed by atoms with van der Waals surface area (Å²) < 4.78 is 1.75. The SMILES string of the molecule is Cn1c(N2CCN(c3nccs3)CC2)nc(Cl)c1C#N. The first-order chi connectivity index (χ1) is 9.70. The van der Waals surface area contributed by atoms with Crippen LogP contribution in [-0.4, -0.2) is 40.7 Å². The standard InChI is InChI=1S/C12H13ClN6S/c1-17-9(8-14)10(13)16-11(17)18-3-5-19(6-4-18)12-15-2-7-20-12/h2,7H,3-6H2,1H3. The molecule has 1 saturated heterocycles. The van der Waals surface area contributed by atoms with Crippen LogP contribution in [0.1, 0.15) is 5.69 Å². The lowest BCUT2D eigenvalue weighted by Gasteiger charge is -2.35. The van der Waals surface area contributed by atoms with Gasteiger partial charge in [0.1, 0.15) is 6.07 Å². The van der Waals surface area contributed by atoms with Crippen LogP contribution in [0.4, 0.5) is 11.1 Å². The number of hydrogen-bond donors (Lipinski definition) is 0. The number of hydrogen-bond acceptors (Lipinski definition) is 6. The Morgan fingerprint density at radius 1 is 1.30 bits per heavy atom. The minimum atomic E-state index is 0.271. The van der Waals surface area contributed by atoms with E-state index in [1.165, 1.54) is 0 Å². The summed E-state index contributed by atoms with van der Waals surface area (Å²) in [6, 6.07) is 2.08. The fraction of sp³-hybridized carbons (Fsp3) is 0.417. The van der Waals surface area contributed by atoms with Crippen molar-refractivity contribution in [3.8, 4) is 6.07 Å². The van der Waals surface area contributed by atoms with Crippen LogP contribution in [-0.2, 0) is 7.05 Å². The highest BCUT2D eigenvalue weighted by molar-refractivity contribution is 7.13. The van der Waals surface area contributed by atoms with E-state index in [0.29, 0.717) is 5.69 Å². The first-order valence-corrected chi connectivity index (χ1v) is 7.48. The number of rotatable bonds is 2. The van der Waals surface area contributed by atoms with Gasteiger partial charge in [-0.15, -0.1) is 11.3 Å². The third-order valence-corrected chi connectivity index (χ3v) is 4.48. The number of aromatic nitrogens is 3. The fourth-order valence-electron chi connectivity index (χ4n) is 2.33. The van der Waals surface area contributed by atoms with Crippen molar-refractivity contribution in [1.82, 2.24) is 14.5 Å². The largest absolute Gasteiger partial charge is 0.345 e. The van der Waals surface area contributed by atoms with Crippen molar-refractivity contribution in [3.05, 3.63) is 22.4 Å². The molecule has 0 amide bonds. The molecule has 0 aromatic carbocycles. The van der Waals surface area contributed by atoms with Crippen molar-refractivity contribution < 1.29 is 0 Å². The molecule has 6 nitrogen and oxygen atoms in total. The Hall–Kier alpha value is -1.78. The van der Waals surface area contributed by atoms with Crippen LogP contribution in [0.3, 0.4) is 0 Å². The van der Waals surface area contributed by atoms with Crippen molar-refractivity contribution in [2.75, 3.05) is 36.0 Å². The zero-order valence-corrected chi connectivity index (χ0v) is 12.5. The molecule has 2 aromatic heterocycles. The maximum atomic E-state index is 9.05. The Balaban J connectivity index is 1.74. The monoisotopic (exact) mass is 308 g/mol. The number of imidazole rings is 1. The number of piperazine rings is 1. The third-order valence-electron chi connectivity index (χ3n) is 3.39. The lowest BCUT2D eigenvalue weighted by molar-refractivity contribution is 0.628. The summed E-state index contributed by atoms with van der Waals surface area (Å²) in [5.41, 5.74) is 0.406. The quantitative estimate of drug-likeness (QED) is 0.845. The second-order valence-electron chi connectivity index (χ2n) is 4.51. The van der Waals surface area contributed by atoms with Gasteiger partial charge >= 0.3 is 0 Å². The molecule has 1 aliphatic heterocycles. The highest BCUT2D eigenvalue weighted by Gasteiger charge is 2.23. The first kappa shape index (κ1) is 13.2. The molecule has 0 radical (unpaired) electrons. The third kappa shape index (κ3) is 2.21. The lowest BCUT2D eigenvalue weighted by atomic mass is 10.3. The molecule has 0 saturated carbocycles. The molecule has 0 bridgehead atoms. The van der Waals surface area contributed by atoms with Crippen LogP contribution < -0.4 is 9.80 Å². The summed E-state index contributed by atoms with van der Waals surface area (Å²) in [5.74, 6) is 0.755. The van der Waals surface area contributed by atoms with E-state index in [0.717, 1.165) is 37.3 Å². The maximum absolute atomic E-state index is 9.05. The number of nitriles is 1. The van der Waals surface area contributed by atoms with Crippen LogP contribution in [0.25, 0.3) is 0 Å². The summed E-state index contributed by atoms with van der Waals surface area (Å²) >= 11 is 7.63. The molecular formula is C12H13ClN6S. The molecule has 3 rings (SSSR count). The van der Waals surface area contributed by atoms with Gasteiger partial charge in [0.2, 0.25) is 5.95 Å². The normalized spacial score (nSPS) is 15.4. The number of thiazole rings is 1. The van der Waals surface area contributed by atoms with Crippen LogP contribution in [0.2, 0.25) is 5.15 Å². The summed E-state index contributed by atoms with van der Waals surface area (Å²) in [6.45, 7) is 3.46. The molecular weight excluding hydrogens is 296 g/mol. The predicted octanol–water partition coefficient (Wildman–Crippen LogP) is 1.73. The second-order valence-corrected chi connectivity index (χ2v) is 5.74. The van der Waals surface area contributed by atoms with Gasteiger partial charge in [0.25, 0.3) is 0 Å². The van der Waals surface area contributed by atoms with Crippen LogP contribution >= 0.6 is 22.9 Å². The molecule has 0 N–H and O–H groups in total. The lowest BCUT2D eigenvalue weighted by Crippen LogP contribution is -2.47. The Labute approximate surface area is 125 Å². The molecule has 104 valence electrons. The average molecular weight is 309 g/mol. The van der Waals surface area contributed by atoms with Crippen molar-refractivity contribution in [2.24, 2.45) is 7.05 Å². The van der Waals surface area contributed by atoms with Gasteiger partial charge in [-0.2, -0.15) is 10.2 Å². The number of anilines is 2. The van der Waals surface area contributed by atoms with E-state index in [2.05, 4.69) is 25.8 Å². The van der Waals surface area contributed by atoms with Crippen molar-refractivity contribution in [3.63, 3.8) is 0 Å². The molecule has 0 spiro atoms. The molecule has 0 atom stereocenters. The second kappa shape index (κ2) is 5.31. The van der Waals surface area contributed by atoms with Crippen LogP contribution in [0, 0.1) is 11.3 Å². The summed E-state index contributed by atoms with van der Waals surface area (Å²) in [7, 11) is 1.82. The topological polar surface area (TPSA) is 61.0 Å². The maximum Gasteiger partial charge on any atom is 0.207 e. The molecule has 3 heterocycles. The smallest absolute Gasteiger partial charge is 0.207 e. The van der Waals surface area contributed by atoms with E-state index < -0.39 is 0 Å². The van der Waals surface area contributed by atoms with Gasteiger partial charge in [-0.05, 0) is 0 Å². The fourth-order valence-corrected chi connectivity index (χ4v) is 3.27. The van der Waals surface area contributed by atoms with E-state index in [1.807, 2.05) is 18.6 Å². The molecule has 2 aromatic rings. The van der Waals surface area contributed by atoms with Gasteiger partial charge in [-0.25, -0.2) is 4.98 Å². The highest BCUT2D eigenvalue weighted by atomic mass is 35.5. The molecule has 1 aliphatic rings. The van der Waals surface area contributed by atoms with E-state index in [-0.39, 0.29) is 5.15 Å². The Bertz CT molecular complexity index is 636. The molecule has 0 unspecified atom stereocenters. The van der Waals surface area contributed by atoms with Crippen LogP contribution in [0.5, 0.6) is 0 Å². The van der Waals surface area contributed by atoms with Crippen molar-refractivity contribution in [1.29, 1.82) is 5.26 Å². The van der Waals surface area contributed by atoms with E-state index in [9.17, 15) is 0 Å². The molecule has 8 heteroatoms. The highest BCUT2D eigenvalue weighted by Crippen LogP contribution is 2.24. The van der Waals surface area contributed by atoms with Gasteiger partial charge in [0.15, 0.2) is 16.0 Å². The average Bonchev–Trinajstić information content (AvgIpc) is 3.08. The Morgan fingerprint density at radius 2 is 2.00 bits per heavy atom. The van der Waals surface area contributed by atoms with E-state index in [4.69, 9.17) is 16.9 Å². The van der Waals surface area contributed by atoms with Gasteiger partial charge in [0.05, 0.1) is 0 Å². The minimum absolute atomic E-state index is 0.271. The van der Waals surface area contributed by atoms with Crippen molar-refractivity contribution in [2.45, 2.75) is 0 Å². The summed E-state index contributed by atoms with van der Waals surface area (Å²) in [6.07, 6.45) is 1.82. The van der Waals surface area contributed by atoms with Gasteiger partial charge in [-0.1, -0.05) is 11.6 Å². The van der Waals surface area contributed by atoms with Gasteiger partial charge in [0, 0.05) is 44.8 Å². The van der Waals surface area contributed by atoms with Crippen molar-refractivity contribution >= 4 is 34.0 Å². The first-order valence-electron chi connectivity index (χ1n) is 6.22. The van der Waals surface area contributed by atoms with Gasteiger partial charge < -0.3 is 14.4 Å². The molecule has 20 heavy (non-hydrogen) atoms. The summed E-state index contributed by atoms with van der Waals surface area (Å²) in [5, 5.41) is 12.4. The number of halogens is 1. The van der Waals surface area contributed by atoms with E-state index in [1.54, 1.807) is 15.9 Å². The van der Waals surface area contributed by atoms with Crippen LogP contribution in [0.15, 0.2) is 11.6 Å². The molecule has 0 aliphatic carbocycles. The van der Waals surface area contributed by atoms with E-state index >= 15 is 0 Å². The predicted molar refractivity (Wildman–Crippen MR) is 79.5 cm³/mol. The number of nitrogens with zero attached hydrogens (tertiary/aromatic N) is 6.